The van der Waals surface area contributed by atoms with E-state index >= 15 is 0 Å². The van der Waals surface area contributed by atoms with Gasteiger partial charge in [0.2, 0.25) is 5.91 Å². The first kappa shape index (κ1) is 14.0. The van der Waals surface area contributed by atoms with Crippen molar-refractivity contribution in [1.29, 1.82) is 0 Å². The minimum absolute atomic E-state index is 0.00817. The number of hydrogen-bond donors (Lipinski definition) is 2. The van der Waals surface area contributed by atoms with Crippen molar-refractivity contribution in [3.8, 4) is 0 Å². The Hall–Kier alpha value is -1.39. The van der Waals surface area contributed by atoms with Crippen LogP contribution in [0, 0.1) is 5.41 Å². The lowest BCUT2D eigenvalue weighted by molar-refractivity contribution is -0.136. The van der Waals surface area contributed by atoms with Gasteiger partial charge in [0, 0.05) is 19.1 Å². The Morgan fingerprint density at radius 3 is 2.58 bits per heavy atom. The van der Waals surface area contributed by atoms with E-state index in [-0.39, 0.29) is 17.4 Å². The molecule has 1 aromatic rings. The highest BCUT2D eigenvalue weighted by atomic mass is 16.2. The third kappa shape index (κ3) is 2.96. The number of carbonyl (C=O) groups excluding carboxylic acids is 1. The van der Waals surface area contributed by atoms with Gasteiger partial charge < -0.3 is 16.4 Å². The van der Waals surface area contributed by atoms with E-state index in [1.165, 1.54) is 0 Å². The second kappa shape index (κ2) is 5.31. The molecule has 1 aromatic carbocycles. The molecule has 1 aliphatic rings. The minimum Gasteiger partial charge on any atom is -0.340 e. The lowest BCUT2D eigenvalue weighted by Gasteiger charge is -2.43. The van der Waals surface area contributed by atoms with Gasteiger partial charge >= 0.3 is 0 Å². The van der Waals surface area contributed by atoms with Crippen LogP contribution in [-0.4, -0.2) is 29.9 Å². The maximum absolute atomic E-state index is 12.5. The average Bonchev–Trinajstić information content (AvgIpc) is 2.41. The molecule has 1 heterocycles. The number of nitrogens with two attached hydrogens (primary N) is 2. The summed E-state index contributed by atoms with van der Waals surface area (Å²) in [5, 5.41) is 0. The summed E-state index contributed by atoms with van der Waals surface area (Å²) >= 11 is 0. The fourth-order valence-corrected chi connectivity index (χ4v) is 2.56. The number of amides is 1. The lowest BCUT2D eigenvalue weighted by atomic mass is 9.79. The zero-order chi connectivity index (χ0) is 14.0. The minimum atomic E-state index is -0.577. The molecule has 4 nitrogen and oxygen atoms in total. The number of nitrogens with zero attached hydrogens (tertiary/aromatic N) is 1. The monoisotopic (exact) mass is 261 g/mol. The molecule has 104 valence electrons. The smallest absolute Gasteiger partial charge is 0.244 e. The van der Waals surface area contributed by atoms with E-state index in [0.29, 0.717) is 13.1 Å². The number of benzene rings is 1. The number of likely N-dealkylation sites (tertiary alicyclic amines) is 1. The Kier molecular flexibility index (Phi) is 3.92. The maximum atomic E-state index is 12.5. The van der Waals surface area contributed by atoms with Gasteiger partial charge in [-0.3, -0.25) is 4.79 Å². The summed E-state index contributed by atoms with van der Waals surface area (Å²) in [6.45, 7) is 5.58. The van der Waals surface area contributed by atoms with Crippen LogP contribution in [0.15, 0.2) is 30.3 Å². The molecule has 2 atom stereocenters. The molecular formula is C15H23N3O. The fraction of sp³-hybridized carbons (Fsp3) is 0.533. The quantitative estimate of drug-likeness (QED) is 0.842. The Balaban J connectivity index is 2.08. The fourth-order valence-electron chi connectivity index (χ4n) is 2.56. The summed E-state index contributed by atoms with van der Waals surface area (Å²) in [5.74, 6) is -0.00817. The van der Waals surface area contributed by atoms with Crippen molar-refractivity contribution in [1.82, 2.24) is 4.90 Å². The van der Waals surface area contributed by atoms with Gasteiger partial charge in [0.15, 0.2) is 0 Å². The van der Waals surface area contributed by atoms with Crippen LogP contribution in [-0.2, 0) is 4.79 Å². The molecule has 0 radical (unpaired) electrons. The number of carbonyl (C=O) groups is 1. The molecule has 0 saturated carbocycles. The third-order valence-corrected chi connectivity index (χ3v) is 4.05. The van der Waals surface area contributed by atoms with Gasteiger partial charge in [-0.25, -0.2) is 0 Å². The second-order valence-electron chi connectivity index (χ2n) is 6.03. The summed E-state index contributed by atoms with van der Waals surface area (Å²) in [7, 11) is 0. The summed E-state index contributed by atoms with van der Waals surface area (Å²) in [6, 6.07) is 9.07. The Morgan fingerprint density at radius 1 is 1.37 bits per heavy atom. The van der Waals surface area contributed by atoms with Crippen molar-refractivity contribution in [3.63, 3.8) is 0 Å². The highest BCUT2D eigenvalue weighted by Gasteiger charge is 2.36. The van der Waals surface area contributed by atoms with Gasteiger partial charge in [-0.05, 0) is 17.4 Å². The van der Waals surface area contributed by atoms with Crippen molar-refractivity contribution in [2.24, 2.45) is 16.9 Å². The van der Waals surface area contributed by atoms with E-state index in [1.54, 1.807) is 0 Å². The van der Waals surface area contributed by atoms with E-state index in [9.17, 15) is 4.79 Å². The average molecular weight is 261 g/mol. The van der Waals surface area contributed by atoms with Crippen LogP contribution in [0.4, 0.5) is 0 Å². The van der Waals surface area contributed by atoms with Gasteiger partial charge in [0.05, 0.1) is 0 Å². The maximum Gasteiger partial charge on any atom is 0.244 e. The second-order valence-corrected chi connectivity index (χ2v) is 6.03. The van der Waals surface area contributed by atoms with Crippen molar-refractivity contribution in [3.05, 3.63) is 35.9 Å². The molecule has 2 unspecified atom stereocenters. The zero-order valence-electron chi connectivity index (χ0n) is 11.7. The predicted molar refractivity (Wildman–Crippen MR) is 76.3 cm³/mol. The van der Waals surface area contributed by atoms with Crippen LogP contribution in [0.5, 0.6) is 0 Å². The van der Waals surface area contributed by atoms with Gasteiger partial charge in [-0.15, -0.1) is 0 Å². The van der Waals surface area contributed by atoms with Gasteiger partial charge in [-0.2, -0.15) is 0 Å². The van der Waals surface area contributed by atoms with E-state index in [0.717, 1.165) is 12.0 Å². The third-order valence-electron chi connectivity index (χ3n) is 4.05. The molecule has 0 aliphatic carbocycles. The molecule has 0 aromatic heterocycles. The topological polar surface area (TPSA) is 72.3 Å². The van der Waals surface area contributed by atoms with E-state index in [2.05, 4.69) is 13.8 Å². The van der Waals surface area contributed by atoms with Crippen LogP contribution < -0.4 is 11.5 Å². The summed E-state index contributed by atoms with van der Waals surface area (Å²) < 4.78 is 0. The molecule has 1 fully saturated rings. The highest BCUT2D eigenvalue weighted by Crippen LogP contribution is 2.29. The molecule has 0 spiro atoms. The largest absolute Gasteiger partial charge is 0.340 e. The van der Waals surface area contributed by atoms with Gasteiger partial charge in [0.1, 0.15) is 6.04 Å². The van der Waals surface area contributed by atoms with E-state index < -0.39 is 6.04 Å². The standard InChI is InChI=1S/C15H23N3O/c1-15(2)10-18(9-8-12(15)16)14(19)13(17)11-6-4-3-5-7-11/h3-7,12-13H,8-10,16-17H2,1-2H3. The van der Waals surface area contributed by atoms with E-state index in [4.69, 9.17) is 11.5 Å². The van der Waals surface area contributed by atoms with Crippen LogP contribution in [0.25, 0.3) is 0 Å². The van der Waals surface area contributed by atoms with Gasteiger partial charge in [-0.1, -0.05) is 44.2 Å². The first-order valence-electron chi connectivity index (χ1n) is 6.77. The highest BCUT2D eigenvalue weighted by molar-refractivity contribution is 5.83. The Morgan fingerprint density at radius 2 is 2.00 bits per heavy atom. The molecule has 4 N–H and O–H groups in total. The molecule has 1 aliphatic heterocycles. The van der Waals surface area contributed by atoms with Crippen LogP contribution in [0.1, 0.15) is 31.9 Å². The van der Waals surface area contributed by atoms with Crippen molar-refractivity contribution >= 4 is 5.91 Å². The first-order chi connectivity index (χ1) is 8.92. The van der Waals surface area contributed by atoms with Crippen molar-refractivity contribution in [2.75, 3.05) is 13.1 Å². The summed E-state index contributed by atoms with van der Waals surface area (Å²) in [4.78, 5) is 14.3. The molecule has 19 heavy (non-hydrogen) atoms. The summed E-state index contributed by atoms with van der Waals surface area (Å²) in [5.41, 5.74) is 13.0. The zero-order valence-corrected chi connectivity index (χ0v) is 11.7. The molecule has 4 heteroatoms. The lowest BCUT2D eigenvalue weighted by Crippen LogP contribution is -2.55. The van der Waals surface area contributed by atoms with Crippen LogP contribution >= 0.6 is 0 Å². The predicted octanol–water partition coefficient (Wildman–Crippen LogP) is 1.27. The molecule has 0 bridgehead atoms. The number of hydrogen-bond acceptors (Lipinski definition) is 3. The number of piperidine rings is 1. The molecule has 1 amide bonds. The molecular weight excluding hydrogens is 238 g/mol. The first-order valence-corrected chi connectivity index (χ1v) is 6.77. The Labute approximate surface area is 114 Å². The number of rotatable bonds is 2. The van der Waals surface area contributed by atoms with Crippen LogP contribution in [0.2, 0.25) is 0 Å². The molecule has 1 saturated heterocycles. The SMILES string of the molecule is CC1(C)CN(C(=O)C(N)c2ccccc2)CCC1N. The van der Waals surface area contributed by atoms with Crippen LogP contribution in [0.3, 0.4) is 0 Å². The van der Waals surface area contributed by atoms with Crippen molar-refractivity contribution < 1.29 is 4.79 Å². The van der Waals surface area contributed by atoms with Crippen molar-refractivity contribution in [2.45, 2.75) is 32.4 Å². The Bertz CT molecular complexity index is 444. The molecule has 2 rings (SSSR count). The summed E-state index contributed by atoms with van der Waals surface area (Å²) in [6.07, 6.45) is 0.834. The van der Waals surface area contributed by atoms with E-state index in [1.807, 2.05) is 35.2 Å². The van der Waals surface area contributed by atoms with Gasteiger partial charge in [0.25, 0.3) is 0 Å². The normalized spacial score (nSPS) is 24.0.